The van der Waals surface area contributed by atoms with Crippen LogP contribution >= 0.6 is 0 Å². The number of fused-ring (bicyclic) bond motifs is 10. The quantitative estimate of drug-likeness (QED) is 0.178. The van der Waals surface area contributed by atoms with E-state index in [0.717, 1.165) is 50.3 Å². The van der Waals surface area contributed by atoms with Crippen molar-refractivity contribution in [2.45, 2.75) is 5.41 Å². The second kappa shape index (κ2) is 11.3. The van der Waals surface area contributed by atoms with Crippen LogP contribution in [0.2, 0.25) is 0 Å². The fraction of sp³-hybridized carbons (Fsp3) is 0.0208. The van der Waals surface area contributed by atoms with Crippen LogP contribution in [-0.4, -0.2) is 9.97 Å². The molecule has 10 rings (SSSR count). The number of benzene rings is 7. The van der Waals surface area contributed by atoms with Gasteiger partial charge in [-0.1, -0.05) is 164 Å². The van der Waals surface area contributed by atoms with Crippen LogP contribution in [0.4, 0.5) is 5.69 Å². The topological polar surface area (TPSA) is 30.1 Å². The zero-order chi connectivity index (χ0) is 33.9. The molecule has 1 spiro atoms. The van der Waals surface area contributed by atoms with E-state index in [1.807, 2.05) is 48.5 Å². The highest BCUT2D eigenvalue weighted by Gasteiger charge is 2.51. The fourth-order valence-corrected chi connectivity index (χ4v) is 8.35. The van der Waals surface area contributed by atoms with Gasteiger partial charge in [-0.05, 0) is 67.8 Å². The van der Waals surface area contributed by atoms with Gasteiger partial charge in [0.2, 0.25) is 0 Å². The van der Waals surface area contributed by atoms with Crippen molar-refractivity contribution >= 4 is 5.69 Å². The monoisotopic (exact) mass is 647 g/mol. The van der Waals surface area contributed by atoms with Crippen molar-refractivity contribution in [1.29, 1.82) is 0 Å². The average molecular weight is 648 g/mol. The number of hydrogen-bond donors (Lipinski definition) is 0. The molecule has 0 saturated heterocycles. The summed E-state index contributed by atoms with van der Waals surface area (Å²) in [7, 11) is 0. The third-order valence-corrected chi connectivity index (χ3v) is 10.6. The van der Waals surface area contributed by atoms with Crippen molar-refractivity contribution in [2.24, 2.45) is 0 Å². The van der Waals surface area contributed by atoms with Crippen LogP contribution in [0.5, 0.6) is 0 Å². The summed E-state index contributed by atoms with van der Waals surface area (Å²) in [4.78, 5) is 14.0. The molecular formula is C48H29N3. The fourth-order valence-electron chi connectivity index (χ4n) is 8.35. The molecule has 0 saturated carbocycles. The van der Waals surface area contributed by atoms with Crippen molar-refractivity contribution in [3.05, 3.63) is 210 Å². The zero-order valence-corrected chi connectivity index (χ0v) is 27.6. The molecule has 0 N–H and O–H groups in total. The van der Waals surface area contributed by atoms with Crippen molar-refractivity contribution in [3.8, 4) is 67.3 Å². The van der Waals surface area contributed by atoms with Gasteiger partial charge >= 0.3 is 0 Å². The van der Waals surface area contributed by atoms with E-state index in [0.29, 0.717) is 11.5 Å². The molecule has 0 atom stereocenters. The Balaban J connectivity index is 1.11. The van der Waals surface area contributed by atoms with Gasteiger partial charge in [-0.25, -0.2) is 14.8 Å². The highest BCUT2D eigenvalue weighted by Crippen LogP contribution is 2.64. The molecule has 236 valence electrons. The maximum atomic E-state index is 8.18. The summed E-state index contributed by atoms with van der Waals surface area (Å²) in [5.74, 6) is 0.702. The average Bonchev–Trinajstić information content (AvgIpc) is 3.68. The Hall–Kier alpha value is -6.89. The van der Waals surface area contributed by atoms with Gasteiger partial charge in [0.05, 0.1) is 23.4 Å². The third-order valence-electron chi connectivity index (χ3n) is 10.6. The second-order valence-corrected chi connectivity index (χ2v) is 13.2. The summed E-state index contributed by atoms with van der Waals surface area (Å²) in [5, 5.41) is 0. The van der Waals surface area contributed by atoms with Gasteiger partial charge in [-0.2, -0.15) is 0 Å². The Labute approximate surface area is 297 Å². The smallest absolute Gasteiger partial charge is 0.195 e. The molecule has 1 heterocycles. The van der Waals surface area contributed by atoms with Gasteiger partial charge < -0.3 is 0 Å². The highest BCUT2D eigenvalue weighted by atomic mass is 14.9. The standard InChI is InChI=1S/C48H29N3/c1-49-43-22-12-21-42-46(43)38-29-35(27-28-41(38)48(42)39-19-10-8-17-36(39)37-18-9-11-20-40(37)48)31-23-25-33(26-24-31)45-30-44(32-13-4-2-5-14-32)50-47(51-45)34-15-6-3-7-16-34/h2-30H. The molecule has 1 aromatic heterocycles. The summed E-state index contributed by atoms with van der Waals surface area (Å²) in [6, 6.07) is 61.8. The maximum absolute atomic E-state index is 8.18. The SMILES string of the molecule is [C-]#[N+]c1cccc2c1-c1cc(-c3ccc(-c4cc(-c5ccccc5)nc(-c5ccccc5)n4)cc3)ccc1C21c2ccccc2-c2ccccc21. The van der Waals surface area contributed by atoms with E-state index in [-0.39, 0.29) is 0 Å². The van der Waals surface area contributed by atoms with Crippen molar-refractivity contribution in [2.75, 3.05) is 0 Å². The van der Waals surface area contributed by atoms with Crippen molar-refractivity contribution in [1.82, 2.24) is 9.97 Å². The molecule has 2 aliphatic carbocycles. The second-order valence-electron chi connectivity index (χ2n) is 13.2. The van der Waals surface area contributed by atoms with Crippen LogP contribution in [0.25, 0.3) is 72.1 Å². The Morgan fingerprint density at radius 2 is 0.902 bits per heavy atom. The summed E-state index contributed by atoms with van der Waals surface area (Å²) in [6.45, 7) is 8.18. The molecule has 0 aliphatic heterocycles. The third kappa shape index (κ3) is 4.30. The first-order chi connectivity index (χ1) is 25.2. The van der Waals surface area contributed by atoms with Crippen LogP contribution in [0, 0.1) is 6.57 Å². The van der Waals surface area contributed by atoms with Crippen molar-refractivity contribution in [3.63, 3.8) is 0 Å². The van der Waals surface area contributed by atoms with Gasteiger partial charge in [0, 0.05) is 16.7 Å². The van der Waals surface area contributed by atoms with E-state index in [1.54, 1.807) is 0 Å². The van der Waals surface area contributed by atoms with Crippen LogP contribution < -0.4 is 0 Å². The normalized spacial score (nSPS) is 12.8. The van der Waals surface area contributed by atoms with Crippen LogP contribution in [0.15, 0.2) is 176 Å². The lowest BCUT2D eigenvalue weighted by Gasteiger charge is -2.30. The molecule has 0 unspecified atom stereocenters. The first-order valence-electron chi connectivity index (χ1n) is 17.2. The predicted octanol–water partition coefficient (Wildman–Crippen LogP) is 12.0. The molecule has 51 heavy (non-hydrogen) atoms. The molecule has 0 radical (unpaired) electrons. The maximum Gasteiger partial charge on any atom is 0.195 e. The molecule has 0 bridgehead atoms. The van der Waals surface area contributed by atoms with Gasteiger partial charge in [0.25, 0.3) is 0 Å². The Bertz CT molecular complexity index is 2580. The number of rotatable bonds is 4. The minimum Gasteiger partial charge on any atom is -0.238 e. The predicted molar refractivity (Wildman–Crippen MR) is 206 cm³/mol. The summed E-state index contributed by atoms with van der Waals surface area (Å²) >= 11 is 0. The van der Waals surface area contributed by atoms with E-state index < -0.39 is 5.41 Å². The molecule has 0 amide bonds. The van der Waals surface area contributed by atoms with Gasteiger partial charge in [0.1, 0.15) is 0 Å². The van der Waals surface area contributed by atoms with E-state index in [9.17, 15) is 0 Å². The minimum absolute atomic E-state index is 0.471. The van der Waals surface area contributed by atoms with Crippen LogP contribution in [-0.2, 0) is 5.41 Å². The molecule has 8 aromatic rings. The Kier molecular flexibility index (Phi) is 6.46. The number of aromatic nitrogens is 2. The minimum atomic E-state index is -0.471. The van der Waals surface area contributed by atoms with E-state index in [2.05, 4.69) is 132 Å². The van der Waals surface area contributed by atoms with Gasteiger partial charge in [-0.15, -0.1) is 0 Å². The summed E-state index contributed by atoms with van der Waals surface area (Å²) < 4.78 is 0. The largest absolute Gasteiger partial charge is 0.238 e. The Morgan fingerprint density at radius 1 is 0.392 bits per heavy atom. The van der Waals surface area contributed by atoms with Gasteiger partial charge in [-0.3, -0.25) is 0 Å². The summed E-state index contributed by atoms with van der Waals surface area (Å²) in [5.41, 5.74) is 16.9. The Morgan fingerprint density at radius 3 is 1.55 bits per heavy atom. The lowest BCUT2D eigenvalue weighted by molar-refractivity contribution is 0.794. The molecule has 3 heteroatoms. The van der Waals surface area contributed by atoms with E-state index in [1.165, 1.54) is 33.4 Å². The highest BCUT2D eigenvalue weighted by molar-refractivity contribution is 5.99. The lowest BCUT2D eigenvalue weighted by Crippen LogP contribution is -2.25. The molecule has 2 aliphatic rings. The first-order valence-corrected chi connectivity index (χ1v) is 17.2. The number of nitrogens with zero attached hydrogens (tertiary/aromatic N) is 3. The van der Waals surface area contributed by atoms with Gasteiger partial charge in [0.15, 0.2) is 11.5 Å². The first kappa shape index (κ1) is 29.1. The van der Waals surface area contributed by atoms with Crippen molar-refractivity contribution < 1.29 is 0 Å². The molecular weight excluding hydrogens is 619 g/mol. The molecule has 0 fully saturated rings. The molecule has 7 aromatic carbocycles. The van der Waals surface area contributed by atoms with Crippen LogP contribution in [0.1, 0.15) is 22.3 Å². The molecule has 3 nitrogen and oxygen atoms in total. The number of hydrogen-bond acceptors (Lipinski definition) is 2. The van der Waals surface area contributed by atoms with E-state index >= 15 is 0 Å². The van der Waals surface area contributed by atoms with Crippen LogP contribution in [0.3, 0.4) is 0 Å². The zero-order valence-electron chi connectivity index (χ0n) is 27.6. The van der Waals surface area contributed by atoms with E-state index in [4.69, 9.17) is 16.5 Å². The lowest BCUT2D eigenvalue weighted by atomic mass is 9.70. The summed E-state index contributed by atoms with van der Waals surface area (Å²) in [6.07, 6.45) is 0.